The topological polar surface area (TPSA) is 17.1 Å². The van der Waals surface area contributed by atoms with Crippen LogP contribution in [0.4, 0.5) is 0 Å². The molecule has 0 heterocycles. The molecule has 1 atom stereocenters. The molecule has 0 bridgehead atoms. The lowest BCUT2D eigenvalue weighted by atomic mass is 9.89. The van der Waals surface area contributed by atoms with Crippen LogP contribution in [0.3, 0.4) is 0 Å². The van der Waals surface area contributed by atoms with Gasteiger partial charge in [-0.1, -0.05) is 49.2 Å². The largest absolute Gasteiger partial charge is 0.295 e. The van der Waals surface area contributed by atoms with Crippen molar-refractivity contribution in [2.24, 2.45) is 5.92 Å². The number of carbonyl (C=O) groups excluding carboxylic acids is 1. The zero-order valence-corrected chi connectivity index (χ0v) is 11.7. The van der Waals surface area contributed by atoms with E-state index in [0.717, 1.165) is 25.2 Å². The van der Waals surface area contributed by atoms with E-state index in [0.29, 0.717) is 5.78 Å². The van der Waals surface area contributed by atoms with E-state index in [1.165, 1.54) is 37.7 Å². The molecule has 0 N–H and O–H groups in total. The van der Waals surface area contributed by atoms with Gasteiger partial charge in [-0.05, 0) is 49.7 Å². The van der Waals surface area contributed by atoms with Crippen molar-refractivity contribution in [3.63, 3.8) is 0 Å². The number of hydrogen-bond donors (Lipinski definition) is 0. The molecule has 0 amide bonds. The van der Waals surface area contributed by atoms with Crippen LogP contribution in [0.2, 0.25) is 0 Å². The van der Waals surface area contributed by atoms with E-state index in [2.05, 4.69) is 36.4 Å². The summed E-state index contributed by atoms with van der Waals surface area (Å²) in [5, 5.41) is 0. The summed E-state index contributed by atoms with van der Waals surface area (Å²) in [6.45, 7) is 0. The first-order valence-electron chi connectivity index (χ1n) is 7.58. The van der Waals surface area contributed by atoms with E-state index < -0.39 is 0 Å². The van der Waals surface area contributed by atoms with Crippen molar-refractivity contribution < 1.29 is 4.79 Å². The number of carbonyl (C=O) groups is 1. The van der Waals surface area contributed by atoms with Gasteiger partial charge in [-0.15, -0.1) is 0 Å². The highest BCUT2D eigenvalue weighted by Gasteiger charge is 2.10. The predicted molar refractivity (Wildman–Crippen MR) is 80.1 cm³/mol. The van der Waals surface area contributed by atoms with Crippen LogP contribution in [0.1, 0.15) is 50.5 Å². The molecule has 0 fully saturated rings. The van der Waals surface area contributed by atoms with Crippen molar-refractivity contribution >= 4 is 5.78 Å². The summed E-state index contributed by atoms with van der Waals surface area (Å²) >= 11 is 0. The minimum atomic E-state index is 0.308. The van der Waals surface area contributed by atoms with Crippen LogP contribution in [0, 0.1) is 5.92 Å². The molecule has 0 spiro atoms. The third-order valence-electron chi connectivity index (χ3n) is 4.01. The second-order valence-corrected chi connectivity index (χ2v) is 5.58. The maximum atomic E-state index is 11.4. The molecule has 0 saturated heterocycles. The Labute approximate surface area is 116 Å². The molecule has 0 aliphatic heterocycles. The first kappa shape index (κ1) is 14.0. The van der Waals surface area contributed by atoms with E-state index in [1.54, 1.807) is 6.08 Å². The summed E-state index contributed by atoms with van der Waals surface area (Å²) in [5.74, 6) is 1.13. The highest BCUT2D eigenvalue weighted by molar-refractivity contribution is 5.89. The lowest BCUT2D eigenvalue weighted by Crippen LogP contribution is -2.05. The average molecular weight is 256 g/mol. The molecule has 1 aliphatic rings. The van der Waals surface area contributed by atoms with E-state index in [9.17, 15) is 4.79 Å². The van der Waals surface area contributed by atoms with Gasteiger partial charge in [0.25, 0.3) is 0 Å². The van der Waals surface area contributed by atoms with Crippen LogP contribution in [-0.2, 0) is 11.2 Å². The summed E-state index contributed by atoms with van der Waals surface area (Å²) in [6.07, 6.45) is 12.9. The van der Waals surface area contributed by atoms with Crippen LogP contribution >= 0.6 is 0 Å². The molecule has 102 valence electrons. The van der Waals surface area contributed by atoms with Gasteiger partial charge in [0, 0.05) is 6.42 Å². The van der Waals surface area contributed by atoms with Gasteiger partial charge >= 0.3 is 0 Å². The molecular formula is C18H24O. The van der Waals surface area contributed by atoms with Gasteiger partial charge in [-0.3, -0.25) is 4.79 Å². The summed E-state index contributed by atoms with van der Waals surface area (Å²) in [5.41, 5.74) is 1.45. The van der Waals surface area contributed by atoms with Crippen LogP contribution in [-0.4, -0.2) is 5.78 Å². The normalized spacial score (nSPS) is 22.9. The highest BCUT2D eigenvalue weighted by Crippen LogP contribution is 2.23. The predicted octanol–water partition coefficient (Wildman–Crippen LogP) is 4.71. The molecule has 1 aromatic carbocycles. The van der Waals surface area contributed by atoms with Gasteiger partial charge in [0.15, 0.2) is 5.78 Å². The van der Waals surface area contributed by atoms with E-state index in [1.807, 2.05) is 0 Å². The Kier molecular flexibility index (Phi) is 5.87. The zero-order chi connectivity index (χ0) is 13.3. The summed E-state index contributed by atoms with van der Waals surface area (Å²) in [4.78, 5) is 11.4. The molecule has 0 radical (unpaired) electrons. The molecule has 0 aromatic heterocycles. The minimum absolute atomic E-state index is 0.308. The lowest BCUT2D eigenvalue weighted by Gasteiger charge is -2.16. The Morgan fingerprint density at radius 1 is 1.05 bits per heavy atom. The average Bonchev–Trinajstić information content (AvgIpc) is 2.45. The minimum Gasteiger partial charge on any atom is -0.295 e. The molecule has 1 aliphatic carbocycles. The second kappa shape index (κ2) is 7.93. The third kappa shape index (κ3) is 5.42. The molecular weight excluding hydrogens is 232 g/mol. The van der Waals surface area contributed by atoms with E-state index >= 15 is 0 Å². The van der Waals surface area contributed by atoms with Crippen molar-refractivity contribution in [1.29, 1.82) is 0 Å². The smallest absolute Gasteiger partial charge is 0.155 e. The molecule has 1 nitrogen and oxygen atoms in total. The van der Waals surface area contributed by atoms with Crippen molar-refractivity contribution in [2.45, 2.75) is 51.4 Å². The van der Waals surface area contributed by atoms with Gasteiger partial charge in [0.05, 0.1) is 0 Å². The van der Waals surface area contributed by atoms with Crippen molar-refractivity contribution in [3.05, 3.63) is 48.0 Å². The van der Waals surface area contributed by atoms with E-state index in [4.69, 9.17) is 0 Å². The number of benzene rings is 1. The van der Waals surface area contributed by atoms with Gasteiger partial charge in [0.2, 0.25) is 0 Å². The maximum Gasteiger partial charge on any atom is 0.155 e. The Balaban J connectivity index is 1.81. The number of aryl methyl sites for hydroxylation is 1. The van der Waals surface area contributed by atoms with Crippen LogP contribution < -0.4 is 0 Å². The SMILES string of the molecule is O=C1/C=C\CCC(CCc2ccccc2)CCCC1. The first-order valence-corrected chi connectivity index (χ1v) is 7.58. The number of ketones is 1. The molecule has 1 unspecified atom stereocenters. The summed E-state index contributed by atoms with van der Waals surface area (Å²) in [7, 11) is 0. The lowest BCUT2D eigenvalue weighted by molar-refractivity contribution is -0.114. The molecule has 2 rings (SSSR count). The third-order valence-corrected chi connectivity index (χ3v) is 4.01. The molecule has 1 aromatic rings. The fourth-order valence-corrected chi connectivity index (χ4v) is 2.81. The van der Waals surface area contributed by atoms with Crippen LogP contribution in [0.15, 0.2) is 42.5 Å². The fourth-order valence-electron chi connectivity index (χ4n) is 2.81. The van der Waals surface area contributed by atoms with E-state index in [-0.39, 0.29) is 0 Å². The second-order valence-electron chi connectivity index (χ2n) is 5.58. The number of allylic oxidation sites excluding steroid dienone is 2. The highest BCUT2D eigenvalue weighted by atomic mass is 16.1. The van der Waals surface area contributed by atoms with Gasteiger partial charge in [-0.25, -0.2) is 0 Å². The molecule has 1 heteroatoms. The Morgan fingerprint density at radius 3 is 2.74 bits per heavy atom. The van der Waals surface area contributed by atoms with Crippen molar-refractivity contribution in [2.75, 3.05) is 0 Å². The number of hydrogen-bond acceptors (Lipinski definition) is 1. The quantitative estimate of drug-likeness (QED) is 0.765. The monoisotopic (exact) mass is 256 g/mol. The molecule has 19 heavy (non-hydrogen) atoms. The number of rotatable bonds is 3. The molecule has 0 saturated carbocycles. The Morgan fingerprint density at radius 2 is 1.89 bits per heavy atom. The first-order chi connectivity index (χ1) is 9.34. The van der Waals surface area contributed by atoms with Crippen LogP contribution in [0.25, 0.3) is 0 Å². The zero-order valence-electron chi connectivity index (χ0n) is 11.7. The van der Waals surface area contributed by atoms with Crippen molar-refractivity contribution in [3.8, 4) is 0 Å². The fraction of sp³-hybridized carbons (Fsp3) is 0.500. The standard InChI is InChI=1S/C18H24O/c19-18-12-6-4-10-17(11-5-7-13-18)15-14-16-8-2-1-3-9-16/h1-3,6,8-9,12,17H,4-5,7,10-11,13-15H2/b12-6-. The van der Waals surface area contributed by atoms with Crippen molar-refractivity contribution in [1.82, 2.24) is 0 Å². The summed E-state index contributed by atoms with van der Waals surface area (Å²) < 4.78 is 0. The van der Waals surface area contributed by atoms with Crippen LogP contribution in [0.5, 0.6) is 0 Å². The van der Waals surface area contributed by atoms with Gasteiger partial charge in [0.1, 0.15) is 0 Å². The maximum absolute atomic E-state index is 11.4. The Bertz CT molecular complexity index is 405. The van der Waals surface area contributed by atoms with Gasteiger partial charge in [-0.2, -0.15) is 0 Å². The summed E-state index contributed by atoms with van der Waals surface area (Å²) in [6, 6.07) is 10.8. The Hall–Kier alpha value is -1.37. The van der Waals surface area contributed by atoms with Gasteiger partial charge < -0.3 is 0 Å².